The number of nitrogens with zero attached hydrogens (tertiary/aromatic N) is 3. The molecule has 0 fully saturated rings. The summed E-state index contributed by atoms with van der Waals surface area (Å²) >= 11 is 1.49. The van der Waals surface area contributed by atoms with Crippen molar-refractivity contribution in [2.45, 2.75) is 31.7 Å². The Hall–Kier alpha value is -1.29. The number of nitrogens with one attached hydrogen (secondary N) is 1. The molecular weight excluding hydrogens is 310 g/mol. The van der Waals surface area contributed by atoms with E-state index in [-0.39, 0.29) is 4.90 Å². The van der Waals surface area contributed by atoms with Gasteiger partial charge in [0.15, 0.2) is 0 Å². The molecule has 0 saturated carbocycles. The minimum absolute atomic E-state index is 0.245. The summed E-state index contributed by atoms with van der Waals surface area (Å²) in [4.78, 5) is 4.37. The second-order valence-electron chi connectivity index (χ2n) is 4.64. The van der Waals surface area contributed by atoms with Gasteiger partial charge in [0.2, 0.25) is 10.0 Å². The first-order valence-corrected chi connectivity index (χ1v) is 8.99. The average Bonchev–Trinajstić information content (AvgIpc) is 2.99. The molecule has 21 heavy (non-hydrogen) atoms. The first kappa shape index (κ1) is 16.1. The van der Waals surface area contributed by atoms with Gasteiger partial charge in [0.05, 0.1) is 29.1 Å². The topological polar surface area (TPSA) is 103 Å². The van der Waals surface area contributed by atoms with Crippen molar-refractivity contribution in [1.29, 1.82) is 0 Å². The molecule has 7 nitrogen and oxygen atoms in total. The lowest BCUT2D eigenvalue weighted by atomic mass is 10.3. The predicted molar refractivity (Wildman–Crippen MR) is 81.8 cm³/mol. The molecule has 0 amide bonds. The first-order chi connectivity index (χ1) is 9.95. The Morgan fingerprint density at radius 1 is 1.43 bits per heavy atom. The summed E-state index contributed by atoms with van der Waals surface area (Å²) in [6, 6.07) is 0. The van der Waals surface area contributed by atoms with Crippen LogP contribution in [0.5, 0.6) is 0 Å². The highest BCUT2D eigenvalue weighted by Gasteiger charge is 2.23. The lowest BCUT2D eigenvalue weighted by Crippen LogP contribution is -2.27. The molecule has 2 aromatic heterocycles. The molecule has 2 aromatic rings. The van der Waals surface area contributed by atoms with E-state index in [1.54, 1.807) is 24.0 Å². The molecule has 0 unspecified atom stereocenters. The van der Waals surface area contributed by atoms with Crippen molar-refractivity contribution in [1.82, 2.24) is 19.5 Å². The second kappa shape index (κ2) is 6.65. The summed E-state index contributed by atoms with van der Waals surface area (Å²) in [5.41, 5.74) is 9.21. The fourth-order valence-corrected chi connectivity index (χ4v) is 4.19. The van der Waals surface area contributed by atoms with E-state index >= 15 is 0 Å². The lowest BCUT2D eigenvalue weighted by Gasteiger charge is -2.07. The normalized spacial score (nSPS) is 12.0. The largest absolute Gasteiger partial charge is 0.329 e. The summed E-state index contributed by atoms with van der Waals surface area (Å²) in [6.45, 7) is 4.66. The summed E-state index contributed by atoms with van der Waals surface area (Å²) in [7, 11) is -3.57. The van der Waals surface area contributed by atoms with Crippen molar-refractivity contribution >= 4 is 21.4 Å². The molecule has 2 rings (SSSR count). The molecule has 0 aliphatic heterocycles. The van der Waals surface area contributed by atoms with Gasteiger partial charge in [-0.25, -0.2) is 18.1 Å². The van der Waals surface area contributed by atoms with Crippen molar-refractivity contribution in [2.75, 3.05) is 13.1 Å². The highest BCUT2D eigenvalue weighted by Crippen LogP contribution is 2.19. The highest BCUT2D eigenvalue weighted by atomic mass is 32.2. The van der Waals surface area contributed by atoms with E-state index in [2.05, 4.69) is 14.8 Å². The molecule has 0 aliphatic carbocycles. The molecule has 116 valence electrons. The molecule has 0 atom stereocenters. The standard InChI is InChI=1S/C12H19N5O2S2/c1-9-12(10(2)17(16-9)6-4-13)21(18,19)15-5-3-11-7-20-8-14-11/h7-8,15H,3-6,13H2,1-2H3. The third-order valence-corrected chi connectivity index (χ3v) is 5.43. The molecule has 3 N–H and O–H groups in total. The van der Waals surface area contributed by atoms with Gasteiger partial charge in [-0.15, -0.1) is 11.3 Å². The summed E-state index contributed by atoms with van der Waals surface area (Å²) < 4.78 is 29.0. The Kier molecular flexibility index (Phi) is 5.09. The third kappa shape index (κ3) is 3.67. The number of aryl methyl sites for hydroxylation is 1. The van der Waals surface area contributed by atoms with E-state index in [0.717, 1.165) is 5.69 Å². The number of thiazole rings is 1. The van der Waals surface area contributed by atoms with E-state index in [1.807, 2.05) is 5.38 Å². The van der Waals surface area contributed by atoms with Gasteiger partial charge in [0.1, 0.15) is 4.90 Å². The van der Waals surface area contributed by atoms with Crippen molar-refractivity contribution < 1.29 is 8.42 Å². The fourth-order valence-electron chi connectivity index (χ4n) is 2.16. The van der Waals surface area contributed by atoms with Crippen LogP contribution in [0, 0.1) is 13.8 Å². The Morgan fingerprint density at radius 3 is 2.81 bits per heavy atom. The van der Waals surface area contributed by atoms with Crippen LogP contribution in [0.4, 0.5) is 0 Å². The molecule has 9 heteroatoms. The van der Waals surface area contributed by atoms with Crippen LogP contribution >= 0.6 is 11.3 Å². The Morgan fingerprint density at radius 2 is 2.19 bits per heavy atom. The van der Waals surface area contributed by atoms with Gasteiger partial charge in [-0.05, 0) is 13.8 Å². The van der Waals surface area contributed by atoms with E-state index in [9.17, 15) is 8.42 Å². The minimum atomic E-state index is -3.57. The van der Waals surface area contributed by atoms with Gasteiger partial charge in [-0.1, -0.05) is 0 Å². The average molecular weight is 329 g/mol. The number of rotatable bonds is 7. The first-order valence-electron chi connectivity index (χ1n) is 6.56. The van der Waals surface area contributed by atoms with Crippen molar-refractivity contribution in [3.63, 3.8) is 0 Å². The maximum absolute atomic E-state index is 12.4. The highest BCUT2D eigenvalue weighted by molar-refractivity contribution is 7.89. The van der Waals surface area contributed by atoms with E-state index in [1.165, 1.54) is 11.3 Å². The van der Waals surface area contributed by atoms with Crippen LogP contribution in [0.2, 0.25) is 0 Å². The van der Waals surface area contributed by atoms with Crippen molar-refractivity contribution in [3.05, 3.63) is 28.0 Å². The summed E-state index contributed by atoms with van der Waals surface area (Å²) in [5, 5.41) is 6.14. The lowest BCUT2D eigenvalue weighted by molar-refractivity contribution is 0.577. The monoisotopic (exact) mass is 329 g/mol. The molecule has 0 spiro atoms. The number of sulfonamides is 1. The van der Waals surface area contributed by atoms with Gasteiger partial charge in [-0.3, -0.25) is 4.68 Å². The zero-order valence-corrected chi connectivity index (χ0v) is 13.7. The minimum Gasteiger partial charge on any atom is -0.329 e. The molecule has 0 bridgehead atoms. The van der Waals surface area contributed by atoms with Gasteiger partial charge in [-0.2, -0.15) is 5.10 Å². The van der Waals surface area contributed by atoms with Gasteiger partial charge < -0.3 is 5.73 Å². The Bertz CT molecular complexity index is 692. The van der Waals surface area contributed by atoms with Crippen LogP contribution < -0.4 is 10.5 Å². The maximum Gasteiger partial charge on any atom is 0.244 e. The second-order valence-corrected chi connectivity index (χ2v) is 7.06. The van der Waals surface area contributed by atoms with Crippen LogP contribution in [-0.4, -0.2) is 36.3 Å². The van der Waals surface area contributed by atoms with Crippen LogP contribution in [-0.2, 0) is 23.0 Å². The van der Waals surface area contributed by atoms with E-state index < -0.39 is 10.0 Å². The van der Waals surface area contributed by atoms with Crippen molar-refractivity contribution in [2.24, 2.45) is 5.73 Å². The fraction of sp³-hybridized carbons (Fsp3) is 0.500. The molecule has 0 aliphatic rings. The van der Waals surface area contributed by atoms with Gasteiger partial charge >= 0.3 is 0 Å². The number of hydrogen-bond acceptors (Lipinski definition) is 6. The Labute approximate surface area is 128 Å². The predicted octanol–water partition coefficient (Wildman–Crippen LogP) is 0.436. The molecule has 0 radical (unpaired) electrons. The molecular formula is C12H19N5O2S2. The SMILES string of the molecule is Cc1nn(CCN)c(C)c1S(=O)(=O)NCCc1cscn1. The van der Waals surface area contributed by atoms with E-state index in [4.69, 9.17) is 5.73 Å². The molecule has 0 saturated heterocycles. The quantitative estimate of drug-likeness (QED) is 0.767. The summed E-state index contributed by atoms with van der Waals surface area (Å²) in [5.74, 6) is 0. The molecule has 2 heterocycles. The van der Waals surface area contributed by atoms with E-state index in [0.29, 0.717) is 37.4 Å². The van der Waals surface area contributed by atoms with Gasteiger partial charge in [0.25, 0.3) is 0 Å². The molecule has 0 aromatic carbocycles. The van der Waals surface area contributed by atoms with Crippen molar-refractivity contribution in [3.8, 4) is 0 Å². The Balaban J connectivity index is 2.12. The number of hydrogen-bond donors (Lipinski definition) is 2. The maximum atomic E-state index is 12.4. The number of nitrogens with two attached hydrogens (primary N) is 1. The third-order valence-electron chi connectivity index (χ3n) is 3.08. The number of aromatic nitrogens is 3. The summed E-state index contributed by atoms with van der Waals surface area (Å²) in [6.07, 6.45) is 0.567. The van der Waals surface area contributed by atoms with Crippen LogP contribution in [0.25, 0.3) is 0 Å². The van der Waals surface area contributed by atoms with Crippen LogP contribution in [0.1, 0.15) is 17.1 Å². The smallest absolute Gasteiger partial charge is 0.244 e. The zero-order chi connectivity index (χ0) is 15.5. The van der Waals surface area contributed by atoms with Crippen LogP contribution in [0.3, 0.4) is 0 Å². The zero-order valence-electron chi connectivity index (χ0n) is 12.0. The van der Waals surface area contributed by atoms with Gasteiger partial charge in [0, 0.05) is 24.9 Å². The van der Waals surface area contributed by atoms with Crippen LogP contribution in [0.15, 0.2) is 15.8 Å².